The topological polar surface area (TPSA) is 124 Å². The number of hydrogen-bond donors (Lipinski definition) is 3. The number of primary amides is 1. The Bertz CT molecular complexity index is 1180. The summed E-state index contributed by atoms with van der Waals surface area (Å²) in [6, 6.07) is 7.93. The van der Waals surface area contributed by atoms with Crippen LogP contribution in [-0.2, 0) is 13.1 Å². The number of aliphatic hydroxyl groups is 1. The van der Waals surface area contributed by atoms with E-state index >= 15 is 0 Å². The molecule has 1 amide bonds. The largest absolute Gasteiger partial charge is 0.394 e. The number of nitrogens with one attached hydrogen (secondary N) is 1. The lowest BCUT2D eigenvalue weighted by molar-refractivity contribution is 0.0995. The molecule has 148 valence electrons. The van der Waals surface area contributed by atoms with Crippen LogP contribution in [0.2, 0.25) is 0 Å². The fraction of sp³-hybridized carbons (Fsp3) is 0.158. The van der Waals surface area contributed by atoms with E-state index in [1.807, 2.05) is 0 Å². The highest BCUT2D eigenvalue weighted by Gasteiger charge is 2.15. The Kier molecular flexibility index (Phi) is 4.92. The summed E-state index contributed by atoms with van der Waals surface area (Å²) in [5.74, 6) is -0.355. The van der Waals surface area contributed by atoms with Gasteiger partial charge in [0.25, 0.3) is 5.91 Å². The lowest BCUT2D eigenvalue weighted by Gasteiger charge is -2.09. The van der Waals surface area contributed by atoms with E-state index in [0.29, 0.717) is 23.7 Å². The summed E-state index contributed by atoms with van der Waals surface area (Å²) >= 11 is 0. The van der Waals surface area contributed by atoms with Gasteiger partial charge >= 0.3 is 0 Å². The predicted molar refractivity (Wildman–Crippen MR) is 104 cm³/mol. The van der Waals surface area contributed by atoms with Gasteiger partial charge in [-0.3, -0.25) is 14.2 Å². The number of aromatic nitrogens is 5. The second-order valence-corrected chi connectivity index (χ2v) is 6.38. The number of rotatable bonds is 7. The zero-order valence-electron chi connectivity index (χ0n) is 15.3. The molecule has 0 fully saturated rings. The van der Waals surface area contributed by atoms with E-state index in [0.717, 1.165) is 10.9 Å². The van der Waals surface area contributed by atoms with E-state index in [1.165, 1.54) is 12.1 Å². The van der Waals surface area contributed by atoms with E-state index in [1.54, 1.807) is 46.2 Å². The number of fused-ring (bicyclic) bond motifs is 1. The molecule has 0 saturated carbocycles. The molecule has 3 aromatic heterocycles. The number of nitrogens with zero attached hydrogens (tertiary/aromatic N) is 5. The molecule has 0 atom stereocenters. The molecule has 0 aliphatic heterocycles. The Balaban J connectivity index is 1.64. The van der Waals surface area contributed by atoms with Crippen LogP contribution in [0.1, 0.15) is 15.9 Å². The summed E-state index contributed by atoms with van der Waals surface area (Å²) < 4.78 is 17.3. The van der Waals surface area contributed by atoms with E-state index in [-0.39, 0.29) is 18.7 Å². The molecule has 0 aliphatic carbocycles. The second kappa shape index (κ2) is 7.68. The quantitative estimate of drug-likeness (QED) is 0.437. The van der Waals surface area contributed by atoms with Crippen molar-refractivity contribution in [2.45, 2.75) is 13.1 Å². The lowest BCUT2D eigenvalue weighted by atomic mass is 10.1. The van der Waals surface area contributed by atoms with Crippen molar-refractivity contribution in [3.05, 3.63) is 65.9 Å². The van der Waals surface area contributed by atoms with Crippen LogP contribution in [0, 0.1) is 5.82 Å². The maximum atomic E-state index is 14.0. The maximum Gasteiger partial charge on any atom is 0.252 e. The van der Waals surface area contributed by atoms with Crippen molar-refractivity contribution in [1.29, 1.82) is 0 Å². The molecule has 0 spiro atoms. The third-order valence-electron chi connectivity index (χ3n) is 4.42. The number of aliphatic hydroxyl groups excluding tert-OH is 1. The van der Waals surface area contributed by atoms with E-state index in [2.05, 4.69) is 20.5 Å². The van der Waals surface area contributed by atoms with E-state index in [4.69, 9.17) is 10.8 Å². The van der Waals surface area contributed by atoms with Crippen molar-refractivity contribution in [3.8, 4) is 0 Å². The number of carbonyl (C=O) groups excluding carboxylic acids is 1. The molecule has 0 unspecified atom stereocenters. The van der Waals surface area contributed by atoms with Crippen LogP contribution in [0.4, 0.5) is 16.0 Å². The highest BCUT2D eigenvalue weighted by atomic mass is 19.1. The third kappa shape index (κ3) is 3.78. The number of halogens is 1. The third-order valence-corrected chi connectivity index (χ3v) is 4.42. The first-order valence-electron chi connectivity index (χ1n) is 8.85. The molecule has 4 rings (SSSR count). The number of carbonyl (C=O) groups is 1. The molecule has 3 heterocycles. The molecular weight excluding hydrogens is 377 g/mol. The van der Waals surface area contributed by atoms with Gasteiger partial charge in [-0.1, -0.05) is 12.1 Å². The van der Waals surface area contributed by atoms with Crippen molar-refractivity contribution in [3.63, 3.8) is 0 Å². The molecule has 0 bridgehead atoms. The number of hydrogen-bond acceptors (Lipinski definition) is 6. The Labute approximate surface area is 164 Å². The first-order valence-corrected chi connectivity index (χ1v) is 8.85. The number of amides is 1. The molecule has 29 heavy (non-hydrogen) atoms. The van der Waals surface area contributed by atoms with E-state index < -0.39 is 11.7 Å². The molecule has 0 saturated heterocycles. The van der Waals surface area contributed by atoms with Gasteiger partial charge in [0.15, 0.2) is 5.82 Å². The van der Waals surface area contributed by atoms with Gasteiger partial charge < -0.3 is 16.2 Å². The highest BCUT2D eigenvalue weighted by Crippen LogP contribution is 2.21. The van der Waals surface area contributed by atoms with Crippen LogP contribution >= 0.6 is 0 Å². The summed E-state index contributed by atoms with van der Waals surface area (Å²) in [4.78, 5) is 16.0. The van der Waals surface area contributed by atoms with Crippen LogP contribution in [0.3, 0.4) is 0 Å². The van der Waals surface area contributed by atoms with Gasteiger partial charge in [0.05, 0.1) is 37.0 Å². The Hall–Kier alpha value is -3.79. The molecule has 9 nitrogen and oxygen atoms in total. The van der Waals surface area contributed by atoms with Crippen LogP contribution in [0.25, 0.3) is 10.9 Å². The molecule has 4 N–H and O–H groups in total. The van der Waals surface area contributed by atoms with Crippen molar-refractivity contribution >= 4 is 28.4 Å². The molecule has 4 aromatic rings. The number of pyridine rings is 1. The van der Waals surface area contributed by atoms with Gasteiger partial charge in [-0.15, -0.1) is 0 Å². The van der Waals surface area contributed by atoms with Crippen LogP contribution in [0.15, 0.2) is 48.9 Å². The highest BCUT2D eigenvalue weighted by molar-refractivity contribution is 5.94. The van der Waals surface area contributed by atoms with Crippen molar-refractivity contribution in [2.24, 2.45) is 5.73 Å². The van der Waals surface area contributed by atoms with Crippen molar-refractivity contribution in [2.75, 3.05) is 11.9 Å². The minimum atomic E-state index is -0.822. The van der Waals surface area contributed by atoms with Crippen LogP contribution < -0.4 is 11.1 Å². The monoisotopic (exact) mass is 395 g/mol. The normalized spacial score (nSPS) is 11.1. The van der Waals surface area contributed by atoms with Crippen LogP contribution in [0.5, 0.6) is 0 Å². The molecule has 1 aromatic carbocycles. The van der Waals surface area contributed by atoms with Gasteiger partial charge in [-0.05, 0) is 11.6 Å². The first kappa shape index (κ1) is 18.6. The van der Waals surface area contributed by atoms with Gasteiger partial charge in [0.2, 0.25) is 0 Å². The smallest absolute Gasteiger partial charge is 0.252 e. The summed E-state index contributed by atoms with van der Waals surface area (Å²) in [5, 5.41) is 21.5. The van der Waals surface area contributed by atoms with Gasteiger partial charge in [0, 0.05) is 29.9 Å². The van der Waals surface area contributed by atoms with Gasteiger partial charge in [-0.2, -0.15) is 10.2 Å². The minimum Gasteiger partial charge on any atom is -0.394 e. The molecular formula is C19H18FN7O2. The Morgan fingerprint density at radius 1 is 1.24 bits per heavy atom. The first-order chi connectivity index (χ1) is 14.0. The molecule has 0 aliphatic rings. The van der Waals surface area contributed by atoms with Crippen molar-refractivity contribution in [1.82, 2.24) is 24.5 Å². The SMILES string of the molecule is NC(=O)c1c(F)cccc1Cn1ncc2cnc(Nc3ccn(CCO)n3)cc21. The maximum absolute atomic E-state index is 14.0. The Morgan fingerprint density at radius 2 is 2.10 bits per heavy atom. The second-order valence-electron chi connectivity index (χ2n) is 6.38. The minimum absolute atomic E-state index is 0.00210. The van der Waals surface area contributed by atoms with Crippen molar-refractivity contribution < 1.29 is 14.3 Å². The average molecular weight is 395 g/mol. The number of nitrogens with two attached hydrogens (primary N) is 1. The summed E-state index contributed by atoms with van der Waals surface area (Å²) in [7, 11) is 0. The summed E-state index contributed by atoms with van der Waals surface area (Å²) in [6.45, 7) is 0.572. The lowest BCUT2D eigenvalue weighted by Crippen LogP contribution is -2.17. The number of benzene rings is 1. The zero-order valence-corrected chi connectivity index (χ0v) is 15.3. The standard InChI is InChI=1S/C19H18FN7O2/c20-14-3-1-2-12(18(14)19(21)29)11-27-15-8-17(22-9-13(15)10-23-27)24-16-4-5-26(25-16)6-7-28/h1-5,8-10,28H,6-7,11H2,(H2,21,29)(H,22,24,25). The fourth-order valence-electron chi connectivity index (χ4n) is 3.09. The average Bonchev–Trinajstić information content (AvgIpc) is 3.29. The molecule has 0 radical (unpaired) electrons. The van der Waals surface area contributed by atoms with Gasteiger partial charge in [-0.25, -0.2) is 9.37 Å². The Morgan fingerprint density at radius 3 is 2.90 bits per heavy atom. The number of anilines is 2. The fourth-order valence-corrected chi connectivity index (χ4v) is 3.09. The summed E-state index contributed by atoms with van der Waals surface area (Å²) in [6.07, 6.45) is 5.05. The zero-order chi connectivity index (χ0) is 20.4. The van der Waals surface area contributed by atoms with E-state index in [9.17, 15) is 9.18 Å². The predicted octanol–water partition coefficient (Wildman–Crippen LogP) is 1.65. The summed E-state index contributed by atoms with van der Waals surface area (Å²) in [5.41, 5.74) is 6.39. The molecule has 10 heteroatoms. The van der Waals surface area contributed by atoms with Crippen LogP contribution in [-0.4, -0.2) is 42.2 Å². The van der Waals surface area contributed by atoms with Gasteiger partial charge in [0.1, 0.15) is 11.6 Å².